The van der Waals surface area contributed by atoms with E-state index in [0.717, 1.165) is 38.1 Å². The summed E-state index contributed by atoms with van der Waals surface area (Å²) in [4.78, 5) is 51.6. The van der Waals surface area contributed by atoms with Gasteiger partial charge >= 0.3 is 6.18 Å². The molecule has 0 unspecified atom stereocenters. The van der Waals surface area contributed by atoms with Gasteiger partial charge in [0.1, 0.15) is 17.6 Å². The first-order chi connectivity index (χ1) is 24.5. The highest BCUT2D eigenvalue weighted by molar-refractivity contribution is 6.04. The molecule has 2 fully saturated rings. The van der Waals surface area contributed by atoms with Crippen LogP contribution in [0, 0.1) is 5.41 Å². The van der Waals surface area contributed by atoms with Crippen LogP contribution in [0.2, 0.25) is 0 Å². The minimum atomic E-state index is -4.80. The molecule has 264 valence electrons. The number of nitrogens with zero attached hydrogens (tertiary/aromatic N) is 6. The lowest BCUT2D eigenvalue weighted by Gasteiger charge is -2.55. The van der Waals surface area contributed by atoms with Crippen molar-refractivity contribution in [2.45, 2.75) is 31.6 Å². The molecule has 5 heterocycles. The molecule has 0 aliphatic carbocycles. The van der Waals surface area contributed by atoms with Crippen LogP contribution in [0.3, 0.4) is 0 Å². The third-order valence-corrected chi connectivity index (χ3v) is 9.41. The summed E-state index contributed by atoms with van der Waals surface area (Å²) in [6.45, 7) is 9.83. The minimum absolute atomic E-state index is 0.163. The minimum Gasteiger partial charge on any atom is -0.380 e. The molecule has 0 bridgehead atoms. The van der Waals surface area contributed by atoms with Gasteiger partial charge in [-0.25, -0.2) is 14.6 Å². The van der Waals surface area contributed by atoms with Gasteiger partial charge in [0.25, 0.3) is 11.8 Å². The number of nitrogens with one attached hydrogen (secondary N) is 2. The zero-order valence-corrected chi connectivity index (χ0v) is 27.7. The second kappa shape index (κ2) is 13.4. The van der Waals surface area contributed by atoms with Crippen LogP contribution in [0.4, 0.5) is 19.0 Å². The Bertz CT molecular complexity index is 1990. The number of hydrogen-bond donors (Lipinski definition) is 2. The lowest BCUT2D eigenvalue weighted by molar-refractivity contribution is -0.186. The second-order valence-corrected chi connectivity index (χ2v) is 13.1. The monoisotopic (exact) mass is 700 g/mol. The Morgan fingerprint density at radius 2 is 1.84 bits per heavy atom. The van der Waals surface area contributed by atoms with Gasteiger partial charge in [0.15, 0.2) is 0 Å². The van der Waals surface area contributed by atoms with Gasteiger partial charge < -0.3 is 15.4 Å². The summed E-state index contributed by atoms with van der Waals surface area (Å²) < 4.78 is 47.2. The summed E-state index contributed by atoms with van der Waals surface area (Å²) in [7, 11) is 0. The number of carbonyl (C=O) groups is 3. The van der Waals surface area contributed by atoms with Gasteiger partial charge in [0, 0.05) is 61.4 Å². The fourth-order valence-corrected chi connectivity index (χ4v) is 6.98. The molecule has 0 radical (unpaired) electrons. The summed E-state index contributed by atoms with van der Waals surface area (Å²) in [5, 5.41) is 10.2. The van der Waals surface area contributed by atoms with Gasteiger partial charge in [-0.1, -0.05) is 49.0 Å². The molecule has 3 aliphatic heterocycles. The molecule has 2 N–H and O–H groups in total. The number of alkyl halides is 3. The topological polar surface area (TPSA) is 135 Å². The Hall–Kier alpha value is -5.41. The van der Waals surface area contributed by atoms with E-state index in [1.54, 1.807) is 29.9 Å². The van der Waals surface area contributed by atoms with E-state index in [2.05, 4.69) is 37.2 Å². The number of fused-ring (bicyclic) bond motifs is 1. The van der Waals surface area contributed by atoms with Crippen molar-refractivity contribution in [3.8, 4) is 5.69 Å². The molecule has 2 saturated heterocycles. The highest BCUT2D eigenvalue weighted by atomic mass is 19.4. The Morgan fingerprint density at radius 3 is 2.53 bits per heavy atom. The van der Waals surface area contributed by atoms with E-state index in [4.69, 9.17) is 4.74 Å². The zero-order valence-electron chi connectivity index (χ0n) is 27.7. The van der Waals surface area contributed by atoms with Crippen molar-refractivity contribution < 1.29 is 32.3 Å². The average molecular weight is 701 g/mol. The standard InChI is InChI=1S/C36H35F3N8O4/c1-3-46-33-26(16-42-47(33)25-10-5-4-6-11-25)28(29(34(46)50)44-32(49)30-40-13-12-27(43-30)36(37,38)39)24-9-7-8-23(14-24)15-41-31(48)22(2)17-45-18-35(19-45)20-51-21-35/h4-14,16,28-29H,2-3,15,17-21H2,1H3,(H,41,48)(H,44,49)/t28-,29+/m0/s1. The number of rotatable bonds is 10. The van der Waals surface area contributed by atoms with E-state index in [1.807, 2.05) is 42.5 Å². The number of para-hydroxylation sites is 1. The highest BCUT2D eigenvalue weighted by Gasteiger charge is 2.49. The van der Waals surface area contributed by atoms with Gasteiger partial charge in [0.05, 0.1) is 25.1 Å². The van der Waals surface area contributed by atoms with E-state index < -0.39 is 41.5 Å². The number of ether oxygens (including phenoxy) is 1. The van der Waals surface area contributed by atoms with Crippen molar-refractivity contribution in [3.05, 3.63) is 113 Å². The SMILES string of the molecule is C=C(CN1CC2(COC2)C1)C(=O)NCc1cccc([C@H]2c3cnn(-c4ccccc4)c3N(CC)C(=O)[C@@H]2NC(=O)c2nccc(C(F)(F)F)n2)c1. The molecule has 2 atom stereocenters. The molecule has 12 nitrogen and oxygen atoms in total. The number of amides is 3. The van der Waals surface area contributed by atoms with Crippen LogP contribution >= 0.6 is 0 Å². The van der Waals surface area contributed by atoms with Crippen molar-refractivity contribution in [2.24, 2.45) is 5.41 Å². The predicted molar refractivity (Wildman–Crippen MR) is 179 cm³/mol. The van der Waals surface area contributed by atoms with Crippen molar-refractivity contribution in [3.63, 3.8) is 0 Å². The molecule has 0 saturated carbocycles. The summed E-state index contributed by atoms with van der Waals surface area (Å²) in [6, 6.07) is 15.8. The van der Waals surface area contributed by atoms with Crippen molar-refractivity contribution >= 4 is 23.5 Å². The molecule has 2 aromatic carbocycles. The molecule has 3 amide bonds. The van der Waals surface area contributed by atoms with E-state index in [9.17, 15) is 27.6 Å². The maximum Gasteiger partial charge on any atom is 0.433 e. The van der Waals surface area contributed by atoms with E-state index >= 15 is 0 Å². The summed E-state index contributed by atoms with van der Waals surface area (Å²) in [6.07, 6.45) is -2.33. The number of benzene rings is 2. The molecular formula is C36H35F3N8O4. The molecule has 3 aliphatic rings. The second-order valence-electron chi connectivity index (χ2n) is 13.1. The van der Waals surface area contributed by atoms with Crippen molar-refractivity contribution in [1.29, 1.82) is 0 Å². The Labute approximate surface area is 291 Å². The zero-order chi connectivity index (χ0) is 35.9. The number of hydrogen-bond acceptors (Lipinski definition) is 8. The normalized spacial score (nSPS) is 19.5. The number of likely N-dealkylation sites (tertiary alicyclic amines) is 1. The van der Waals surface area contributed by atoms with Gasteiger partial charge in [0.2, 0.25) is 11.7 Å². The summed E-state index contributed by atoms with van der Waals surface area (Å²) >= 11 is 0. The largest absolute Gasteiger partial charge is 0.433 e. The van der Waals surface area contributed by atoms with Crippen LogP contribution < -0.4 is 15.5 Å². The van der Waals surface area contributed by atoms with Crippen LogP contribution in [0.5, 0.6) is 0 Å². The van der Waals surface area contributed by atoms with Gasteiger partial charge in [-0.3, -0.25) is 24.2 Å². The number of carbonyl (C=O) groups excluding carboxylic acids is 3. The van der Waals surface area contributed by atoms with E-state index in [1.165, 1.54) is 4.90 Å². The lowest BCUT2D eigenvalue weighted by atomic mass is 9.78. The van der Waals surface area contributed by atoms with Crippen molar-refractivity contribution in [1.82, 2.24) is 35.3 Å². The third-order valence-electron chi connectivity index (χ3n) is 9.41. The maximum absolute atomic E-state index is 14.3. The predicted octanol–water partition coefficient (Wildman–Crippen LogP) is 3.48. The average Bonchev–Trinajstić information content (AvgIpc) is 3.52. The molecule has 1 spiro atoms. The fraction of sp³-hybridized carbons (Fsp3) is 0.333. The first-order valence-corrected chi connectivity index (χ1v) is 16.5. The van der Waals surface area contributed by atoms with Crippen LogP contribution in [-0.4, -0.2) is 87.8 Å². The first kappa shape index (κ1) is 34.1. The van der Waals surface area contributed by atoms with Crippen LogP contribution in [0.25, 0.3) is 5.69 Å². The number of likely N-dealkylation sites (N-methyl/N-ethyl adjacent to an activating group) is 1. The molecule has 7 rings (SSSR count). The van der Waals surface area contributed by atoms with Gasteiger partial charge in [-0.05, 0) is 36.2 Å². The number of halogens is 3. The smallest absolute Gasteiger partial charge is 0.380 e. The first-order valence-electron chi connectivity index (χ1n) is 16.5. The highest BCUT2D eigenvalue weighted by Crippen LogP contribution is 2.42. The number of anilines is 1. The summed E-state index contributed by atoms with van der Waals surface area (Å²) in [5.41, 5.74) is 2.02. The lowest BCUT2D eigenvalue weighted by Crippen LogP contribution is -2.66. The molecule has 4 aromatic rings. The number of aromatic nitrogens is 4. The van der Waals surface area contributed by atoms with Crippen LogP contribution in [0.15, 0.2) is 85.2 Å². The van der Waals surface area contributed by atoms with Gasteiger partial charge in [-0.15, -0.1) is 0 Å². The van der Waals surface area contributed by atoms with E-state index in [-0.39, 0.29) is 24.4 Å². The Kier molecular flexibility index (Phi) is 8.93. The molecular weight excluding hydrogens is 665 g/mol. The Morgan fingerprint density at radius 1 is 1.08 bits per heavy atom. The fourth-order valence-electron chi connectivity index (χ4n) is 6.98. The van der Waals surface area contributed by atoms with Crippen molar-refractivity contribution in [2.75, 3.05) is 44.3 Å². The molecule has 2 aromatic heterocycles. The van der Waals surface area contributed by atoms with Crippen LogP contribution in [0.1, 0.15) is 45.8 Å². The van der Waals surface area contributed by atoms with Gasteiger partial charge in [-0.2, -0.15) is 18.3 Å². The van der Waals surface area contributed by atoms with Crippen LogP contribution in [-0.2, 0) is 27.0 Å². The Balaban J connectivity index is 1.18. The third kappa shape index (κ3) is 6.61. The molecule has 51 heavy (non-hydrogen) atoms. The van der Waals surface area contributed by atoms with E-state index in [0.29, 0.717) is 40.8 Å². The quantitative estimate of drug-likeness (QED) is 0.241. The maximum atomic E-state index is 14.3. The summed E-state index contributed by atoms with van der Waals surface area (Å²) in [5.74, 6) is -2.87. The molecule has 15 heteroatoms.